The van der Waals surface area contributed by atoms with Gasteiger partial charge >= 0.3 is 0 Å². The molecule has 0 bridgehead atoms. The highest BCUT2D eigenvalue weighted by atomic mass is 79.9. The Balaban J connectivity index is 2.72. The number of rotatable bonds is 3. The van der Waals surface area contributed by atoms with E-state index in [-0.39, 0.29) is 0 Å². The van der Waals surface area contributed by atoms with Gasteiger partial charge in [-0.25, -0.2) is 0 Å². The van der Waals surface area contributed by atoms with Crippen molar-refractivity contribution < 1.29 is 4.74 Å². The van der Waals surface area contributed by atoms with Crippen molar-refractivity contribution in [1.82, 2.24) is 0 Å². The molecule has 3 heteroatoms. The van der Waals surface area contributed by atoms with Crippen LogP contribution < -0.4 is 4.74 Å². The van der Waals surface area contributed by atoms with E-state index in [4.69, 9.17) is 4.74 Å². The Bertz CT molecular complexity index is 261. The maximum absolute atomic E-state index is 5.45. The predicted octanol–water partition coefficient (Wildman–Crippen LogP) is 3.53. The van der Waals surface area contributed by atoms with Gasteiger partial charge in [0.25, 0.3) is 0 Å². The summed E-state index contributed by atoms with van der Waals surface area (Å²) in [5, 5.41) is 0.854. The number of halogens is 2. The molecule has 1 nitrogen and oxygen atoms in total. The third-order valence-electron chi connectivity index (χ3n) is 1.42. The van der Waals surface area contributed by atoms with E-state index in [0.717, 1.165) is 15.6 Å². The van der Waals surface area contributed by atoms with Crippen molar-refractivity contribution in [2.45, 2.75) is 6.92 Å². The third kappa shape index (κ3) is 2.79. The second kappa shape index (κ2) is 4.87. The summed E-state index contributed by atoms with van der Waals surface area (Å²) in [7, 11) is 0. The van der Waals surface area contributed by atoms with Crippen molar-refractivity contribution in [1.29, 1.82) is 0 Å². The van der Waals surface area contributed by atoms with Gasteiger partial charge in [-0.3, -0.25) is 0 Å². The summed E-state index contributed by atoms with van der Waals surface area (Å²) in [6, 6.07) is 6.06. The Labute approximate surface area is 89.4 Å². The normalized spacial score (nSPS) is 9.92. The number of aryl methyl sites for hydroxylation is 1. The van der Waals surface area contributed by atoms with Gasteiger partial charge in [-0.15, -0.1) is 0 Å². The van der Waals surface area contributed by atoms with Crippen LogP contribution in [0.25, 0.3) is 0 Å². The van der Waals surface area contributed by atoms with Crippen LogP contribution in [0.5, 0.6) is 5.75 Å². The smallest absolute Gasteiger partial charge is 0.133 e. The zero-order chi connectivity index (χ0) is 8.97. The Kier molecular flexibility index (Phi) is 4.09. The SMILES string of the molecule is Cc1ccc(OCCBr)c(Br)c1. The minimum atomic E-state index is 0.696. The first kappa shape index (κ1) is 10.1. The van der Waals surface area contributed by atoms with E-state index in [2.05, 4.69) is 38.8 Å². The molecule has 0 saturated carbocycles. The minimum Gasteiger partial charge on any atom is -0.492 e. The number of alkyl halides is 1. The van der Waals surface area contributed by atoms with E-state index in [9.17, 15) is 0 Å². The lowest BCUT2D eigenvalue weighted by Crippen LogP contribution is -1.98. The van der Waals surface area contributed by atoms with Crippen LogP contribution in [-0.2, 0) is 0 Å². The Hall–Kier alpha value is -0.0200. The van der Waals surface area contributed by atoms with Gasteiger partial charge in [0.15, 0.2) is 0 Å². The number of benzene rings is 1. The Morgan fingerprint density at radius 1 is 1.42 bits per heavy atom. The predicted molar refractivity (Wildman–Crippen MR) is 58.2 cm³/mol. The average molecular weight is 294 g/mol. The summed E-state index contributed by atoms with van der Waals surface area (Å²) in [6.07, 6.45) is 0. The molecule has 0 saturated heterocycles. The first-order valence-electron chi connectivity index (χ1n) is 3.69. The first-order valence-corrected chi connectivity index (χ1v) is 5.60. The standard InChI is InChI=1S/C9H10Br2O/c1-7-2-3-9(8(11)6-7)12-5-4-10/h2-3,6H,4-5H2,1H3. The lowest BCUT2D eigenvalue weighted by molar-refractivity contribution is 0.343. The van der Waals surface area contributed by atoms with Crippen molar-refractivity contribution >= 4 is 31.9 Å². The topological polar surface area (TPSA) is 9.23 Å². The van der Waals surface area contributed by atoms with Crippen LogP contribution in [0.2, 0.25) is 0 Å². The van der Waals surface area contributed by atoms with E-state index in [0.29, 0.717) is 6.61 Å². The monoisotopic (exact) mass is 292 g/mol. The second-order valence-corrected chi connectivity index (χ2v) is 4.12. The molecule has 0 aliphatic heterocycles. The second-order valence-electron chi connectivity index (χ2n) is 2.47. The summed E-state index contributed by atoms with van der Waals surface area (Å²) >= 11 is 6.74. The van der Waals surface area contributed by atoms with E-state index in [1.807, 2.05) is 18.2 Å². The van der Waals surface area contributed by atoms with E-state index >= 15 is 0 Å². The lowest BCUT2D eigenvalue weighted by atomic mass is 10.2. The molecule has 0 heterocycles. The van der Waals surface area contributed by atoms with Gasteiger partial charge in [0.1, 0.15) is 5.75 Å². The number of hydrogen-bond acceptors (Lipinski definition) is 1. The fourth-order valence-electron chi connectivity index (χ4n) is 0.871. The summed E-state index contributed by atoms with van der Waals surface area (Å²) in [6.45, 7) is 2.75. The molecule has 66 valence electrons. The Morgan fingerprint density at radius 2 is 2.17 bits per heavy atom. The molecule has 0 fully saturated rings. The fraction of sp³-hybridized carbons (Fsp3) is 0.333. The molecule has 0 N–H and O–H groups in total. The van der Waals surface area contributed by atoms with Gasteiger partial charge in [0, 0.05) is 5.33 Å². The van der Waals surface area contributed by atoms with Crippen LogP contribution in [0, 0.1) is 6.92 Å². The average Bonchev–Trinajstić information content (AvgIpc) is 2.03. The van der Waals surface area contributed by atoms with Crippen LogP contribution in [0.4, 0.5) is 0 Å². The molecule has 0 unspecified atom stereocenters. The molecular weight excluding hydrogens is 284 g/mol. The number of ether oxygens (including phenoxy) is 1. The van der Waals surface area contributed by atoms with Gasteiger partial charge < -0.3 is 4.74 Å². The highest BCUT2D eigenvalue weighted by molar-refractivity contribution is 9.10. The molecule has 0 amide bonds. The molecule has 0 aliphatic rings. The van der Waals surface area contributed by atoms with Crippen molar-refractivity contribution in [3.8, 4) is 5.75 Å². The van der Waals surface area contributed by atoms with E-state index in [1.165, 1.54) is 5.56 Å². The quantitative estimate of drug-likeness (QED) is 0.775. The van der Waals surface area contributed by atoms with Gasteiger partial charge in [0.05, 0.1) is 11.1 Å². The molecule has 0 spiro atoms. The summed E-state index contributed by atoms with van der Waals surface area (Å²) in [5.74, 6) is 0.903. The van der Waals surface area contributed by atoms with Crippen molar-refractivity contribution in [3.63, 3.8) is 0 Å². The molecule has 12 heavy (non-hydrogen) atoms. The summed E-state index contributed by atoms with van der Waals surface area (Å²) in [4.78, 5) is 0. The molecule has 0 aliphatic carbocycles. The van der Waals surface area contributed by atoms with Crippen LogP contribution in [0.3, 0.4) is 0 Å². The third-order valence-corrected chi connectivity index (χ3v) is 2.37. The van der Waals surface area contributed by atoms with Gasteiger partial charge in [-0.1, -0.05) is 22.0 Å². The Morgan fingerprint density at radius 3 is 2.75 bits per heavy atom. The molecule has 1 aromatic rings. The van der Waals surface area contributed by atoms with Crippen molar-refractivity contribution in [2.75, 3.05) is 11.9 Å². The molecule has 0 radical (unpaired) electrons. The van der Waals surface area contributed by atoms with Crippen molar-refractivity contribution in [3.05, 3.63) is 28.2 Å². The highest BCUT2D eigenvalue weighted by Gasteiger charge is 1.99. The maximum Gasteiger partial charge on any atom is 0.133 e. The maximum atomic E-state index is 5.45. The summed E-state index contributed by atoms with van der Waals surface area (Å²) in [5.41, 5.74) is 1.23. The van der Waals surface area contributed by atoms with Crippen LogP contribution in [0.15, 0.2) is 22.7 Å². The molecule has 0 atom stereocenters. The van der Waals surface area contributed by atoms with Gasteiger partial charge in [0.2, 0.25) is 0 Å². The first-order chi connectivity index (χ1) is 5.74. The van der Waals surface area contributed by atoms with E-state index < -0.39 is 0 Å². The fourth-order valence-corrected chi connectivity index (χ4v) is 1.64. The molecule has 1 rings (SSSR count). The highest BCUT2D eigenvalue weighted by Crippen LogP contribution is 2.25. The van der Waals surface area contributed by atoms with Crippen LogP contribution in [0.1, 0.15) is 5.56 Å². The van der Waals surface area contributed by atoms with Gasteiger partial charge in [-0.05, 0) is 40.5 Å². The van der Waals surface area contributed by atoms with Crippen molar-refractivity contribution in [2.24, 2.45) is 0 Å². The zero-order valence-electron chi connectivity index (χ0n) is 6.81. The lowest BCUT2D eigenvalue weighted by Gasteiger charge is -2.06. The minimum absolute atomic E-state index is 0.696. The molecule has 0 aromatic heterocycles. The summed E-state index contributed by atoms with van der Waals surface area (Å²) < 4.78 is 6.46. The van der Waals surface area contributed by atoms with Crippen LogP contribution >= 0.6 is 31.9 Å². The van der Waals surface area contributed by atoms with Crippen LogP contribution in [-0.4, -0.2) is 11.9 Å². The largest absolute Gasteiger partial charge is 0.492 e. The van der Waals surface area contributed by atoms with E-state index in [1.54, 1.807) is 0 Å². The number of hydrogen-bond donors (Lipinski definition) is 0. The molecular formula is C9H10Br2O. The molecule has 1 aromatic carbocycles. The zero-order valence-corrected chi connectivity index (χ0v) is 9.98. The van der Waals surface area contributed by atoms with Gasteiger partial charge in [-0.2, -0.15) is 0 Å².